The zero-order valence-electron chi connectivity index (χ0n) is 17.1. The SMILES string of the molecule is Cc1ccc(NC(=O)N2CCN(c3nc(Cc4ccc(F)cc4)ns3)CC2)c(C)c1. The van der Waals surface area contributed by atoms with Gasteiger partial charge in [0.1, 0.15) is 11.6 Å². The van der Waals surface area contributed by atoms with Crippen molar-refractivity contribution >= 4 is 28.4 Å². The number of rotatable bonds is 4. The third kappa shape index (κ3) is 4.76. The molecule has 2 amide bonds. The Morgan fingerprint density at radius 3 is 2.53 bits per heavy atom. The molecular weight excluding hydrogens is 401 g/mol. The molecule has 8 heteroatoms. The van der Waals surface area contributed by atoms with Crippen molar-refractivity contribution in [3.8, 4) is 0 Å². The first kappa shape index (κ1) is 20.3. The van der Waals surface area contributed by atoms with Gasteiger partial charge in [0.2, 0.25) is 5.13 Å². The predicted molar refractivity (Wildman–Crippen MR) is 118 cm³/mol. The molecule has 156 valence electrons. The van der Waals surface area contributed by atoms with E-state index in [-0.39, 0.29) is 11.8 Å². The summed E-state index contributed by atoms with van der Waals surface area (Å²) in [4.78, 5) is 21.2. The molecule has 30 heavy (non-hydrogen) atoms. The number of nitrogens with zero attached hydrogens (tertiary/aromatic N) is 4. The van der Waals surface area contributed by atoms with Crippen LogP contribution >= 0.6 is 11.5 Å². The number of carbonyl (C=O) groups is 1. The number of urea groups is 1. The summed E-state index contributed by atoms with van der Waals surface area (Å²) in [5.41, 5.74) is 4.07. The monoisotopic (exact) mass is 425 g/mol. The molecule has 1 aliphatic heterocycles. The number of nitrogens with one attached hydrogen (secondary N) is 1. The van der Waals surface area contributed by atoms with Crippen molar-refractivity contribution in [1.29, 1.82) is 0 Å². The maximum absolute atomic E-state index is 13.1. The fourth-order valence-corrected chi connectivity index (χ4v) is 4.22. The quantitative estimate of drug-likeness (QED) is 0.679. The van der Waals surface area contributed by atoms with Crippen molar-refractivity contribution < 1.29 is 9.18 Å². The lowest BCUT2D eigenvalue weighted by Crippen LogP contribution is -2.50. The summed E-state index contributed by atoms with van der Waals surface area (Å²) in [6.07, 6.45) is 0.578. The molecule has 1 N–H and O–H groups in total. The summed E-state index contributed by atoms with van der Waals surface area (Å²) in [6, 6.07) is 12.3. The molecule has 0 bridgehead atoms. The molecule has 0 radical (unpaired) electrons. The highest BCUT2D eigenvalue weighted by atomic mass is 32.1. The van der Waals surface area contributed by atoms with Crippen LogP contribution in [0.15, 0.2) is 42.5 Å². The van der Waals surface area contributed by atoms with Crippen LogP contribution in [0.1, 0.15) is 22.5 Å². The summed E-state index contributed by atoms with van der Waals surface area (Å²) < 4.78 is 17.5. The minimum atomic E-state index is -0.245. The third-order valence-electron chi connectivity index (χ3n) is 5.19. The molecule has 0 spiro atoms. The zero-order chi connectivity index (χ0) is 21.1. The smallest absolute Gasteiger partial charge is 0.321 e. The first-order chi connectivity index (χ1) is 14.5. The number of hydrogen-bond acceptors (Lipinski definition) is 5. The molecule has 4 rings (SSSR count). The number of amides is 2. The van der Waals surface area contributed by atoms with Crippen LogP contribution in [0.5, 0.6) is 0 Å². The molecule has 0 saturated carbocycles. The first-order valence-corrected chi connectivity index (χ1v) is 10.7. The largest absolute Gasteiger partial charge is 0.343 e. The molecule has 0 unspecified atom stereocenters. The van der Waals surface area contributed by atoms with E-state index >= 15 is 0 Å². The van der Waals surface area contributed by atoms with Crippen molar-refractivity contribution in [3.05, 3.63) is 70.8 Å². The van der Waals surface area contributed by atoms with Gasteiger partial charge >= 0.3 is 6.03 Å². The second kappa shape index (κ2) is 8.79. The van der Waals surface area contributed by atoms with Crippen LogP contribution in [0.25, 0.3) is 0 Å². The average molecular weight is 426 g/mol. The number of piperazine rings is 1. The van der Waals surface area contributed by atoms with Gasteiger partial charge in [0, 0.05) is 49.8 Å². The van der Waals surface area contributed by atoms with Crippen molar-refractivity contribution in [3.63, 3.8) is 0 Å². The van der Waals surface area contributed by atoms with Gasteiger partial charge in [-0.2, -0.15) is 4.37 Å². The van der Waals surface area contributed by atoms with Crippen LogP contribution in [0, 0.1) is 19.7 Å². The van der Waals surface area contributed by atoms with E-state index < -0.39 is 0 Å². The molecule has 0 aliphatic carbocycles. The molecule has 2 aromatic carbocycles. The Kier molecular flexibility index (Phi) is 5.94. The standard InChI is InChI=1S/C22H24FN5OS/c1-15-3-8-19(16(2)13-15)24-21(29)27-9-11-28(12-10-27)22-25-20(26-30-22)14-17-4-6-18(23)7-5-17/h3-8,13H,9-12,14H2,1-2H3,(H,24,29). The topological polar surface area (TPSA) is 61.4 Å². The molecule has 1 aromatic heterocycles. The van der Waals surface area contributed by atoms with Gasteiger partial charge in [-0.25, -0.2) is 14.2 Å². The zero-order valence-corrected chi connectivity index (χ0v) is 17.9. The molecule has 0 atom stereocenters. The highest BCUT2D eigenvalue weighted by molar-refractivity contribution is 7.09. The lowest BCUT2D eigenvalue weighted by molar-refractivity contribution is 0.208. The number of benzene rings is 2. The Morgan fingerprint density at radius 2 is 1.83 bits per heavy atom. The van der Waals surface area contributed by atoms with Crippen LogP contribution in [0.3, 0.4) is 0 Å². The summed E-state index contributed by atoms with van der Waals surface area (Å²) >= 11 is 1.37. The van der Waals surface area contributed by atoms with Crippen LogP contribution in [-0.2, 0) is 6.42 Å². The van der Waals surface area contributed by atoms with Crippen LogP contribution in [-0.4, -0.2) is 46.5 Å². The van der Waals surface area contributed by atoms with Crippen molar-refractivity contribution in [2.45, 2.75) is 20.3 Å². The maximum Gasteiger partial charge on any atom is 0.321 e. The lowest BCUT2D eigenvalue weighted by Gasteiger charge is -2.34. The van der Waals surface area contributed by atoms with Crippen molar-refractivity contribution in [2.24, 2.45) is 0 Å². The number of aryl methyl sites for hydroxylation is 2. The van der Waals surface area contributed by atoms with E-state index in [1.807, 2.05) is 30.9 Å². The maximum atomic E-state index is 13.1. The average Bonchev–Trinajstić information content (AvgIpc) is 3.20. The van der Waals surface area contributed by atoms with Crippen LogP contribution in [0.4, 0.5) is 20.0 Å². The number of hydrogen-bond donors (Lipinski definition) is 1. The van der Waals surface area contributed by atoms with Gasteiger partial charge in [-0.05, 0) is 43.2 Å². The molecular formula is C22H24FN5OS. The Balaban J connectivity index is 1.31. The van der Waals surface area contributed by atoms with E-state index in [0.29, 0.717) is 32.6 Å². The number of halogens is 1. The normalized spacial score (nSPS) is 14.1. The summed E-state index contributed by atoms with van der Waals surface area (Å²) in [6.45, 7) is 6.72. The van der Waals surface area contributed by atoms with E-state index in [4.69, 9.17) is 0 Å². The van der Waals surface area contributed by atoms with Gasteiger partial charge in [-0.15, -0.1) is 0 Å². The van der Waals surface area contributed by atoms with Gasteiger partial charge in [0.05, 0.1) is 0 Å². The third-order valence-corrected chi connectivity index (χ3v) is 6.01. The molecule has 3 aromatic rings. The van der Waals surface area contributed by atoms with E-state index in [2.05, 4.69) is 25.6 Å². The van der Waals surface area contributed by atoms with E-state index in [1.165, 1.54) is 29.2 Å². The first-order valence-electron chi connectivity index (χ1n) is 9.93. The number of anilines is 2. The Hall–Kier alpha value is -3.00. The summed E-state index contributed by atoms with van der Waals surface area (Å²) in [5.74, 6) is 0.488. The summed E-state index contributed by atoms with van der Waals surface area (Å²) in [7, 11) is 0. The molecule has 2 heterocycles. The van der Waals surface area contributed by atoms with Crippen molar-refractivity contribution in [1.82, 2.24) is 14.3 Å². The Morgan fingerprint density at radius 1 is 1.10 bits per heavy atom. The van der Waals surface area contributed by atoms with Crippen LogP contribution in [0.2, 0.25) is 0 Å². The molecule has 1 fully saturated rings. The molecule has 1 saturated heterocycles. The van der Waals surface area contributed by atoms with Crippen LogP contribution < -0.4 is 10.2 Å². The van der Waals surface area contributed by atoms with Gasteiger partial charge in [0.25, 0.3) is 0 Å². The van der Waals surface area contributed by atoms with Gasteiger partial charge in [0.15, 0.2) is 0 Å². The Labute approximate surface area is 179 Å². The lowest BCUT2D eigenvalue weighted by atomic mass is 10.1. The molecule has 1 aliphatic rings. The highest BCUT2D eigenvalue weighted by Crippen LogP contribution is 2.22. The predicted octanol–water partition coefficient (Wildman–Crippen LogP) is 4.24. The van der Waals surface area contributed by atoms with E-state index in [9.17, 15) is 9.18 Å². The fourth-order valence-electron chi connectivity index (χ4n) is 3.48. The van der Waals surface area contributed by atoms with E-state index in [0.717, 1.165) is 27.8 Å². The minimum absolute atomic E-state index is 0.0733. The minimum Gasteiger partial charge on any atom is -0.343 e. The fraction of sp³-hybridized carbons (Fsp3) is 0.318. The van der Waals surface area contributed by atoms with Gasteiger partial charge < -0.3 is 15.1 Å². The number of aromatic nitrogens is 2. The highest BCUT2D eigenvalue weighted by Gasteiger charge is 2.23. The summed E-state index contributed by atoms with van der Waals surface area (Å²) in [5, 5.41) is 3.88. The van der Waals surface area contributed by atoms with Crippen molar-refractivity contribution in [2.75, 3.05) is 36.4 Å². The van der Waals surface area contributed by atoms with E-state index in [1.54, 1.807) is 12.1 Å². The number of carbonyl (C=O) groups excluding carboxylic acids is 1. The molecule has 6 nitrogen and oxygen atoms in total. The second-order valence-corrected chi connectivity index (χ2v) is 8.25. The Bertz CT molecular complexity index is 1030. The van der Waals surface area contributed by atoms with Gasteiger partial charge in [-0.3, -0.25) is 0 Å². The second-order valence-electron chi connectivity index (χ2n) is 7.52. The van der Waals surface area contributed by atoms with Gasteiger partial charge in [-0.1, -0.05) is 29.8 Å².